The minimum absolute atomic E-state index is 0.155. The molecular formula is C10H9NO4. The monoisotopic (exact) mass is 207 g/mol. The van der Waals surface area contributed by atoms with Gasteiger partial charge in [0.1, 0.15) is 0 Å². The second kappa shape index (κ2) is 4.90. The van der Waals surface area contributed by atoms with Crippen LogP contribution in [-0.4, -0.2) is 11.1 Å². The fourth-order valence-electron chi connectivity index (χ4n) is 1.08. The van der Waals surface area contributed by atoms with Gasteiger partial charge in [-0.05, 0) is 24.6 Å². The molecule has 0 atom stereocenters. The van der Waals surface area contributed by atoms with E-state index in [-0.39, 0.29) is 5.56 Å². The zero-order valence-corrected chi connectivity index (χ0v) is 8.04. The maximum absolute atomic E-state index is 11.1. The van der Waals surface area contributed by atoms with Gasteiger partial charge in [-0.2, -0.15) is 0 Å². The molecule has 0 saturated carbocycles. The second-order valence-corrected chi connectivity index (χ2v) is 2.73. The summed E-state index contributed by atoms with van der Waals surface area (Å²) in [6, 6.07) is 6.39. The van der Waals surface area contributed by atoms with Crippen molar-refractivity contribution in [1.29, 1.82) is 0 Å². The molecule has 0 N–H and O–H groups in total. The summed E-state index contributed by atoms with van der Waals surface area (Å²) in [4.78, 5) is 24.9. The van der Waals surface area contributed by atoms with Gasteiger partial charge in [0.2, 0.25) is 0 Å². The Kier molecular flexibility index (Phi) is 3.56. The molecule has 0 amide bonds. The third-order valence-corrected chi connectivity index (χ3v) is 1.64. The largest absolute Gasteiger partial charge is 0.334 e. The van der Waals surface area contributed by atoms with E-state index < -0.39 is 11.1 Å². The summed E-state index contributed by atoms with van der Waals surface area (Å²) in [5.41, 5.74) is 0.942. The Hall–Kier alpha value is -2.17. The second-order valence-electron chi connectivity index (χ2n) is 2.73. The molecule has 0 aliphatic heterocycles. The molecule has 0 spiro atoms. The van der Waals surface area contributed by atoms with Gasteiger partial charge in [-0.3, -0.25) is 4.79 Å². The number of rotatable bonds is 3. The molecule has 0 aliphatic rings. The molecule has 1 rings (SSSR count). The fraction of sp³-hybridized carbons (Fsp3) is 0.100. The summed E-state index contributed by atoms with van der Waals surface area (Å²) in [6.07, 6.45) is 3.58. The number of hydrogen-bond acceptors (Lipinski definition) is 4. The number of nitrogens with zero attached hydrogens (tertiary/aromatic N) is 1. The molecule has 5 nitrogen and oxygen atoms in total. The van der Waals surface area contributed by atoms with Gasteiger partial charge < -0.3 is 0 Å². The van der Waals surface area contributed by atoms with Gasteiger partial charge in [-0.1, -0.05) is 24.3 Å². The van der Waals surface area contributed by atoms with Gasteiger partial charge >= 0.3 is 11.1 Å². The van der Waals surface area contributed by atoms with Crippen LogP contribution >= 0.6 is 0 Å². The van der Waals surface area contributed by atoms with Gasteiger partial charge in [0.25, 0.3) is 0 Å². The summed E-state index contributed by atoms with van der Waals surface area (Å²) in [5.74, 6) is -0.966. The Morgan fingerprint density at radius 2 is 2.27 bits per heavy atom. The van der Waals surface area contributed by atoms with E-state index in [1.165, 1.54) is 12.1 Å². The smallest absolute Gasteiger partial charge is 0.263 e. The molecule has 1 aromatic carbocycles. The standard InChI is InChI=1S/C10H9NO4/c1-2-4-8-5-3-6-9(7-8)10(12)15-11(13)14/h2-7H,1H3. The average molecular weight is 207 g/mol. The van der Waals surface area contributed by atoms with Crippen molar-refractivity contribution in [1.82, 2.24) is 0 Å². The van der Waals surface area contributed by atoms with Crippen LogP contribution in [0.2, 0.25) is 0 Å². The number of hydrogen-bond donors (Lipinski definition) is 0. The van der Waals surface area contributed by atoms with E-state index in [1.807, 2.05) is 6.92 Å². The highest BCUT2D eigenvalue weighted by Crippen LogP contribution is 2.08. The summed E-state index contributed by atoms with van der Waals surface area (Å²) in [5, 5.41) is 8.82. The molecule has 0 bridgehead atoms. The third kappa shape index (κ3) is 3.22. The Morgan fingerprint density at radius 3 is 2.87 bits per heavy atom. The molecule has 0 aromatic heterocycles. The van der Waals surface area contributed by atoms with Crippen molar-refractivity contribution in [2.24, 2.45) is 0 Å². The molecule has 0 radical (unpaired) electrons. The van der Waals surface area contributed by atoms with Crippen molar-refractivity contribution in [3.8, 4) is 0 Å². The highest BCUT2D eigenvalue weighted by molar-refractivity contribution is 5.89. The van der Waals surface area contributed by atoms with E-state index in [2.05, 4.69) is 4.84 Å². The Balaban J connectivity index is 2.90. The summed E-state index contributed by atoms with van der Waals surface area (Å²) >= 11 is 0. The van der Waals surface area contributed by atoms with Crippen LogP contribution in [0, 0.1) is 10.1 Å². The van der Waals surface area contributed by atoms with Crippen molar-refractivity contribution in [3.63, 3.8) is 0 Å². The van der Waals surface area contributed by atoms with Crippen LogP contribution < -0.4 is 0 Å². The number of carbonyl (C=O) groups excluding carboxylic acids is 1. The normalized spacial score (nSPS) is 10.2. The lowest BCUT2D eigenvalue weighted by Crippen LogP contribution is -2.10. The molecule has 0 heterocycles. The predicted octanol–water partition coefficient (Wildman–Crippen LogP) is 2.07. The number of carbonyl (C=O) groups is 1. The van der Waals surface area contributed by atoms with Crippen LogP contribution in [0.1, 0.15) is 22.8 Å². The number of benzene rings is 1. The summed E-state index contributed by atoms with van der Waals surface area (Å²) in [6.45, 7) is 1.84. The minimum Gasteiger partial charge on any atom is -0.263 e. The fourth-order valence-corrected chi connectivity index (χ4v) is 1.08. The lowest BCUT2D eigenvalue weighted by molar-refractivity contribution is -0.727. The van der Waals surface area contributed by atoms with Gasteiger partial charge in [0.15, 0.2) is 0 Å². The van der Waals surface area contributed by atoms with E-state index in [9.17, 15) is 14.9 Å². The first-order valence-corrected chi connectivity index (χ1v) is 4.23. The molecule has 1 aromatic rings. The maximum Gasteiger partial charge on any atom is 0.334 e. The minimum atomic E-state index is -1.12. The van der Waals surface area contributed by atoms with Crippen LogP contribution in [-0.2, 0) is 4.84 Å². The Labute approximate surface area is 86.1 Å². The van der Waals surface area contributed by atoms with Crippen molar-refractivity contribution in [2.75, 3.05) is 0 Å². The zero-order valence-electron chi connectivity index (χ0n) is 8.04. The predicted molar refractivity (Wildman–Crippen MR) is 53.6 cm³/mol. The molecule has 15 heavy (non-hydrogen) atoms. The SMILES string of the molecule is CC=Cc1cccc(C(=O)O[N+](=O)[O-])c1. The first-order chi connectivity index (χ1) is 7.13. The van der Waals surface area contributed by atoms with E-state index in [1.54, 1.807) is 24.3 Å². The average Bonchev–Trinajstić information content (AvgIpc) is 2.17. The van der Waals surface area contributed by atoms with Crippen molar-refractivity contribution in [3.05, 3.63) is 51.6 Å². The molecule has 0 aliphatic carbocycles. The van der Waals surface area contributed by atoms with Crippen molar-refractivity contribution in [2.45, 2.75) is 6.92 Å². The number of allylic oxidation sites excluding steroid dienone is 1. The van der Waals surface area contributed by atoms with Crippen molar-refractivity contribution >= 4 is 12.0 Å². The molecule has 78 valence electrons. The highest BCUT2D eigenvalue weighted by atomic mass is 17.0. The van der Waals surface area contributed by atoms with Crippen LogP contribution in [0.5, 0.6) is 0 Å². The van der Waals surface area contributed by atoms with Gasteiger partial charge in [-0.25, -0.2) is 4.84 Å². The first-order valence-electron chi connectivity index (χ1n) is 4.23. The van der Waals surface area contributed by atoms with Crippen LogP contribution in [0.15, 0.2) is 30.3 Å². The van der Waals surface area contributed by atoms with E-state index in [0.29, 0.717) is 0 Å². The molecule has 5 heteroatoms. The van der Waals surface area contributed by atoms with Gasteiger partial charge in [-0.15, -0.1) is 10.1 Å². The highest BCUT2D eigenvalue weighted by Gasteiger charge is 2.10. The molecule has 0 fully saturated rings. The zero-order chi connectivity index (χ0) is 11.3. The molecular weight excluding hydrogens is 198 g/mol. The van der Waals surface area contributed by atoms with E-state index >= 15 is 0 Å². The summed E-state index contributed by atoms with van der Waals surface area (Å²) in [7, 11) is 0. The van der Waals surface area contributed by atoms with Gasteiger partial charge in [0.05, 0.1) is 0 Å². The van der Waals surface area contributed by atoms with Crippen molar-refractivity contribution < 1.29 is 14.7 Å². The van der Waals surface area contributed by atoms with E-state index in [4.69, 9.17) is 0 Å². The molecule has 0 unspecified atom stereocenters. The Morgan fingerprint density at radius 1 is 1.53 bits per heavy atom. The lowest BCUT2D eigenvalue weighted by Gasteiger charge is -1.99. The van der Waals surface area contributed by atoms with E-state index in [0.717, 1.165) is 5.56 Å². The topological polar surface area (TPSA) is 69.4 Å². The maximum atomic E-state index is 11.1. The molecule has 0 saturated heterocycles. The van der Waals surface area contributed by atoms with Gasteiger partial charge in [0, 0.05) is 5.56 Å². The van der Waals surface area contributed by atoms with Crippen LogP contribution in [0.3, 0.4) is 0 Å². The summed E-state index contributed by atoms with van der Waals surface area (Å²) < 4.78 is 0. The first kappa shape index (κ1) is 10.9. The van der Waals surface area contributed by atoms with Crippen LogP contribution in [0.4, 0.5) is 0 Å². The quantitative estimate of drug-likeness (QED) is 0.562. The van der Waals surface area contributed by atoms with Crippen LogP contribution in [0.25, 0.3) is 6.08 Å². The lowest BCUT2D eigenvalue weighted by atomic mass is 10.1. The third-order valence-electron chi connectivity index (χ3n) is 1.64. The Bertz CT molecular complexity index is 412.